The normalized spacial score (nSPS) is 39.7. The van der Waals surface area contributed by atoms with Gasteiger partial charge >= 0.3 is 0 Å². The Labute approximate surface area is 106 Å². The zero-order chi connectivity index (χ0) is 11.7. The summed E-state index contributed by atoms with van der Waals surface area (Å²) in [6.45, 7) is 10.2. The SMILES string of the molecule is CCN1CCC(NC2CCN3CCC2C3)CC1. The van der Waals surface area contributed by atoms with Gasteiger partial charge in [-0.3, -0.25) is 0 Å². The van der Waals surface area contributed by atoms with Crippen molar-refractivity contribution in [1.82, 2.24) is 15.1 Å². The Morgan fingerprint density at radius 3 is 2.53 bits per heavy atom. The van der Waals surface area contributed by atoms with Crippen molar-refractivity contribution in [2.24, 2.45) is 5.92 Å². The van der Waals surface area contributed by atoms with Gasteiger partial charge in [0.15, 0.2) is 0 Å². The van der Waals surface area contributed by atoms with Crippen LogP contribution in [0.5, 0.6) is 0 Å². The second kappa shape index (κ2) is 5.25. The number of fused-ring (bicyclic) bond motifs is 2. The third kappa shape index (κ3) is 2.67. The first-order valence-corrected chi connectivity index (χ1v) is 7.56. The van der Waals surface area contributed by atoms with Gasteiger partial charge in [-0.15, -0.1) is 0 Å². The van der Waals surface area contributed by atoms with Gasteiger partial charge in [0, 0.05) is 18.6 Å². The molecule has 3 aliphatic heterocycles. The monoisotopic (exact) mass is 237 g/mol. The van der Waals surface area contributed by atoms with E-state index in [1.807, 2.05) is 0 Å². The molecule has 3 aliphatic rings. The summed E-state index contributed by atoms with van der Waals surface area (Å²) in [5.74, 6) is 0.952. The summed E-state index contributed by atoms with van der Waals surface area (Å²) >= 11 is 0. The zero-order valence-electron chi connectivity index (χ0n) is 11.2. The summed E-state index contributed by atoms with van der Waals surface area (Å²) in [6.07, 6.45) is 5.55. The van der Waals surface area contributed by atoms with Crippen LogP contribution in [0.4, 0.5) is 0 Å². The van der Waals surface area contributed by atoms with Crippen molar-refractivity contribution in [1.29, 1.82) is 0 Å². The second-order valence-corrected chi connectivity index (χ2v) is 6.12. The number of nitrogens with zero attached hydrogens (tertiary/aromatic N) is 2. The number of hydrogen-bond acceptors (Lipinski definition) is 3. The van der Waals surface area contributed by atoms with E-state index in [4.69, 9.17) is 0 Å². The van der Waals surface area contributed by atoms with Crippen molar-refractivity contribution in [3.8, 4) is 0 Å². The summed E-state index contributed by atoms with van der Waals surface area (Å²) in [5, 5.41) is 3.98. The van der Waals surface area contributed by atoms with Crippen LogP contribution in [0.1, 0.15) is 32.6 Å². The summed E-state index contributed by atoms with van der Waals surface area (Å²) < 4.78 is 0. The molecular formula is C14H27N3. The molecule has 2 bridgehead atoms. The first-order valence-electron chi connectivity index (χ1n) is 7.56. The minimum absolute atomic E-state index is 0.801. The lowest BCUT2D eigenvalue weighted by Crippen LogP contribution is -2.51. The Bertz CT molecular complexity index is 248. The van der Waals surface area contributed by atoms with Crippen LogP contribution in [-0.2, 0) is 0 Å². The highest BCUT2D eigenvalue weighted by molar-refractivity contribution is 4.92. The maximum absolute atomic E-state index is 3.98. The highest BCUT2D eigenvalue weighted by atomic mass is 15.2. The lowest BCUT2D eigenvalue weighted by molar-refractivity contribution is 0.165. The van der Waals surface area contributed by atoms with Crippen LogP contribution in [0.3, 0.4) is 0 Å². The third-order valence-electron chi connectivity index (χ3n) is 5.12. The molecule has 0 aliphatic carbocycles. The molecule has 3 heterocycles. The maximum Gasteiger partial charge on any atom is 0.0123 e. The van der Waals surface area contributed by atoms with E-state index >= 15 is 0 Å². The van der Waals surface area contributed by atoms with Crippen LogP contribution in [0.15, 0.2) is 0 Å². The van der Waals surface area contributed by atoms with Gasteiger partial charge in [-0.05, 0) is 64.3 Å². The number of rotatable bonds is 3. The summed E-state index contributed by atoms with van der Waals surface area (Å²) in [4.78, 5) is 5.22. The molecule has 0 saturated carbocycles. The molecule has 98 valence electrons. The number of piperidine rings is 2. The van der Waals surface area contributed by atoms with Crippen LogP contribution >= 0.6 is 0 Å². The molecule has 3 nitrogen and oxygen atoms in total. The molecule has 3 fully saturated rings. The number of likely N-dealkylation sites (tertiary alicyclic amines) is 1. The summed E-state index contributed by atoms with van der Waals surface area (Å²) in [5.41, 5.74) is 0. The van der Waals surface area contributed by atoms with Gasteiger partial charge in [-0.1, -0.05) is 6.92 Å². The lowest BCUT2D eigenvalue weighted by atomic mass is 9.92. The van der Waals surface area contributed by atoms with E-state index in [1.54, 1.807) is 0 Å². The Balaban J connectivity index is 1.47. The van der Waals surface area contributed by atoms with Crippen molar-refractivity contribution >= 4 is 0 Å². The molecule has 0 spiro atoms. The van der Waals surface area contributed by atoms with Gasteiger partial charge in [0.2, 0.25) is 0 Å². The molecule has 3 unspecified atom stereocenters. The summed E-state index contributed by atoms with van der Waals surface area (Å²) in [7, 11) is 0. The van der Waals surface area contributed by atoms with E-state index in [0.29, 0.717) is 0 Å². The average Bonchev–Trinajstić information content (AvgIpc) is 2.77. The lowest BCUT2D eigenvalue weighted by Gasteiger charge is -2.37. The highest BCUT2D eigenvalue weighted by Gasteiger charge is 2.35. The standard InChI is InChI=1S/C14H27N3/c1-2-16-8-4-13(5-9-16)15-14-6-10-17-7-3-12(14)11-17/h12-15H,2-11H2,1H3. The molecular weight excluding hydrogens is 210 g/mol. The van der Waals surface area contributed by atoms with Crippen LogP contribution < -0.4 is 5.32 Å². The minimum atomic E-state index is 0.801. The Hall–Kier alpha value is -0.120. The van der Waals surface area contributed by atoms with Crippen molar-refractivity contribution < 1.29 is 0 Å². The van der Waals surface area contributed by atoms with Crippen LogP contribution in [-0.4, -0.2) is 61.2 Å². The first-order chi connectivity index (χ1) is 8.35. The fraction of sp³-hybridized carbons (Fsp3) is 1.00. The van der Waals surface area contributed by atoms with E-state index in [2.05, 4.69) is 22.0 Å². The fourth-order valence-electron chi connectivity index (χ4n) is 3.89. The van der Waals surface area contributed by atoms with Gasteiger partial charge in [0.05, 0.1) is 0 Å². The number of nitrogens with one attached hydrogen (secondary N) is 1. The molecule has 3 rings (SSSR count). The predicted octanol–water partition coefficient (Wildman–Crippen LogP) is 1.15. The van der Waals surface area contributed by atoms with Crippen molar-refractivity contribution in [2.75, 3.05) is 39.3 Å². The first kappa shape index (κ1) is 11.9. The van der Waals surface area contributed by atoms with Crippen molar-refractivity contribution in [2.45, 2.75) is 44.7 Å². The van der Waals surface area contributed by atoms with Gasteiger partial charge in [-0.25, -0.2) is 0 Å². The third-order valence-corrected chi connectivity index (χ3v) is 5.12. The largest absolute Gasteiger partial charge is 0.311 e. The van der Waals surface area contributed by atoms with E-state index in [1.165, 1.54) is 65.0 Å². The van der Waals surface area contributed by atoms with Gasteiger partial charge < -0.3 is 15.1 Å². The highest BCUT2D eigenvalue weighted by Crippen LogP contribution is 2.28. The van der Waals surface area contributed by atoms with Gasteiger partial charge in [0.1, 0.15) is 0 Å². The molecule has 3 heteroatoms. The predicted molar refractivity (Wildman–Crippen MR) is 71.2 cm³/mol. The van der Waals surface area contributed by atoms with Crippen molar-refractivity contribution in [3.63, 3.8) is 0 Å². The molecule has 0 aromatic heterocycles. The van der Waals surface area contributed by atoms with Crippen LogP contribution in [0.25, 0.3) is 0 Å². The molecule has 17 heavy (non-hydrogen) atoms. The van der Waals surface area contributed by atoms with Gasteiger partial charge in [0.25, 0.3) is 0 Å². The maximum atomic E-state index is 3.98. The van der Waals surface area contributed by atoms with Gasteiger partial charge in [-0.2, -0.15) is 0 Å². The van der Waals surface area contributed by atoms with Crippen LogP contribution in [0.2, 0.25) is 0 Å². The smallest absolute Gasteiger partial charge is 0.0123 e. The topological polar surface area (TPSA) is 18.5 Å². The van der Waals surface area contributed by atoms with E-state index in [9.17, 15) is 0 Å². The van der Waals surface area contributed by atoms with Crippen LogP contribution in [0, 0.1) is 5.92 Å². The molecule has 0 radical (unpaired) electrons. The summed E-state index contributed by atoms with van der Waals surface area (Å²) in [6, 6.07) is 1.63. The molecule has 3 saturated heterocycles. The Kier molecular flexibility index (Phi) is 3.69. The Morgan fingerprint density at radius 2 is 1.76 bits per heavy atom. The Morgan fingerprint density at radius 1 is 1.00 bits per heavy atom. The zero-order valence-corrected chi connectivity index (χ0v) is 11.2. The molecule has 0 aromatic rings. The van der Waals surface area contributed by atoms with E-state index in [-0.39, 0.29) is 0 Å². The molecule has 3 atom stereocenters. The molecule has 1 N–H and O–H groups in total. The second-order valence-electron chi connectivity index (χ2n) is 6.12. The molecule has 0 amide bonds. The number of hydrogen-bond donors (Lipinski definition) is 1. The van der Waals surface area contributed by atoms with E-state index < -0.39 is 0 Å². The van der Waals surface area contributed by atoms with Crippen molar-refractivity contribution in [3.05, 3.63) is 0 Å². The fourth-order valence-corrected chi connectivity index (χ4v) is 3.89. The quantitative estimate of drug-likeness (QED) is 0.794. The average molecular weight is 237 g/mol. The van der Waals surface area contributed by atoms with E-state index in [0.717, 1.165) is 18.0 Å². The molecule has 0 aromatic carbocycles. The minimum Gasteiger partial charge on any atom is -0.311 e.